The molecule has 0 saturated heterocycles. The molecule has 2 rings (SSSR count). The molecule has 3 nitrogen and oxygen atoms in total. The summed E-state index contributed by atoms with van der Waals surface area (Å²) in [5.74, 6) is -0.174. The summed E-state index contributed by atoms with van der Waals surface area (Å²) in [5.41, 5.74) is 3.20. The van der Waals surface area contributed by atoms with Gasteiger partial charge in [-0.15, -0.1) is 11.3 Å². The summed E-state index contributed by atoms with van der Waals surface area (Å²) in [6, 6.07) is 9.83. The highest BCUT2D eigenvalue weighted by atomic mass is 32.1. The molecule has 0 radical (unpaired) electrons. The van der Waals surface area contributed by atoms with E-state index in [4.69, 9.17) is 4.74 Å². The fourth-order valence-corrected chi connectivity index (χ4v) is 2.73. The quantitative estimate of drug-likeness (QED) is 0.762. The predicted octanol–water partition coefficient (Wildman–Crippen LogP) is 4.52. The molecule has 1 aromatic carbocycles. The Morgan fingerprint density at radius 3 is 2.52 bits per heavy atom. The minimum atomic E-state index is -0.481. The van der Waals surface area contributed by atoms with Gasteiger partial charge in [0.1, 0.15) is 0 Å². The van der Waals surface area contributed by atoms with Gasteiger partial charge < -0.3 is 4.74 Å². The maximum absolute atomic E-state index is 12.4. The SMILES string of the molecule is CCC(C)(C)C(=O)OC(c1ccccc1)c1scnc1C. The lowest BCUT2D eigenvalue weighted by atomic mass is 9.90. The van der Waals surface area contributed by atoms with Gasteiger partial charge in [-0.05, 0) is 32.8 Å². The number of hydrogen-bond donors (Lipinski definition) is 0. The second-order valence-corrected chi connectivity index (χ2v) is 6.62. The maximum atomic E-state index is 12.4. The van der Waals surface area contributed by atoms with Crippen LogP contribution in [-0.4, -0.2) is 11.0 Å². The van der Waals surface area contributed by atoms with Crippen LogP contribution in [-0.2, 0) is 9.53 Å². The van der Waals surface area contributed by atoms with Crippen LogP contribution < -0.4 is 0 Å². The number of carbonyl (C=O) groups excluding carboxylic acids is 1. The molecule has 1 atom stereocenters. The third-order valence-corrected chi connectivity index (χ3v) is 4.76. The molecule has 0 aliphatic heterocycles. The molecule has 0 spiro atoms. The molecule has 0 bridgehead atoms. The van der Waals surface area contributed by atoms with Crippen molar-refractivity contribution in [3.63, 3.8) is 0 Å². The van der Waals surface area contributed by atoms with E-state index in [0.717, 1.165) is 22.6 Å². The Bertz CT molecular complexity index is 604. The minimum Gasteiger partial charge on any atom is -0.451 e. The lowest BCUT2D eigenvalue weighted by Crippen LogP contribution is -2.27. The number of aromatic nitrogens is 1. The Kier molecular flexibility index (Phi) is 4.78. The second kappa shape index (κ2) is 6.39. The average Bonchev–Trinajstić information content (AvgIpc) is 2.91. The Balaban J connectivity index is 2.35. The van der Waals surface area contributed by atoms with E-state index in [2.05, 4.69) is 4.98 Å². The van der Waals surface area contributed by atoms with Crippen LogP contribution in [0, 0.1) is 12.3 Å². The Morgan fingerprint density at radius 2 is 2.00 bits per heavy atom. The molecule has 0 N–H and O–H groups in total. The summed E-state index contributed by atoms with van der Waals surface area (Å²) in [6.45, 7) is 7.77. The lowest BCUT2D eigenvalue weighted by Gasteiger charge is -2.25. The van der Waals surface area contributed by atoms with Crippen molar-refractivity contribution in [3.05, 3.63) is 52.0 Å². The van der Waals surface area contributed by atoms with E-state index in [-0.39, 0.29) is 12.1 Å². The number of rotatable bonds is 5. The molecule has 2 aromatic rings. The molecule has 0 aliphatic carbocycles. The van der Waals surface area contributed by atoms with Crippen molar-refractivity contribution >= 4 is 17.3 Å². The van der Waals surface area contributed by atoms with Crippen molar-refractivity contribution < 1.29 is 9.53 Å². The van der Waals surface area contributed by atoms with Crippen LogP contribution in [0.4, 0.5) is 0 Å². The van der Waals surface area contributed by atoms with E-state index >= 15 is 0 Å². The van der Waals surface area contributed by atoms with Gasteiger partial charge >= 0.3 is 5.97 Å². The van der Waals surface area contributed by atoms with Gasteiger partial charge in [0.2, 0.25) is 0 Å². The summed E-state index contributed by atoms with van der Waals surface area (Å²) in [7, 11) is 0. The number of hydrogen-bond acceptors (Lipinski definition) is 4. The molecule has 1 aromatic heterocycles. The Hall–Kier alpha value is -1.68. The van der Waals surface area contributed by atoms with E-state index in [0.29, 0.717) is 0 Å². The maximum Gasteiger partial charge on any atom is 0.312 e. The van der Waals surface area contributed by atoms with Gasteiger partial charge in [-0.25, -0.2) is 4.98 Å². The van der Waals surface area contributed by atoms with Crippen molar-refractivity contribution in [2.45, 2.75) is 40.2 Å². The van der Waals surface area contributed by atoms with E-state index in [1.807, 2.05) is 58.0 Å². The Morgan fingerprint density at radius 1 is 1.33 bits per heavy atom. The Labute approximate surface area is 130 Å². The van der Waals surface area contributed by atoms with Gasteiger partial charge in [0, 0.05) is 0 Å². The van der Waals surface area contributed by atoms with Crippen LogP contribution in [0.25, 0.3) is 0 Å². The summed E-state index contributed by atoms with van der Waals surface area (Å²) in [6.07, 6.45) is 0.367. The number of thiazole rings is 1. The molecular formula is C17H21NO2S. The molecule has 4 heteroatoms. The smallest absolute Gasteiger partial charge is 0.312 e. The largest absolute Gasteiger partial charge is 0.451 e. The lowest BCUT2D eigenvalue weighted by molar-refractivity contribution is -0.158. The normalized spacial score (nSPS) is 13.0. The fraction of sp³-hybridized carbons (Fsp3) is 0.412. The van der Waals surface area contributed by atoms with Crippen LogP contribution >= 0.6 is 11.3 Å². The van der Waals surface area contributed by atoms with Crippen molar-refractivity contribution in [2.24, 2.45) is 5.41 Å². The minimum absolute atomic E-state index is 0.174. The second-order valence-electron chi connectivity index (χ2n) is 5.74. The summed E-state index contributed by atoms with van der Waals surface area (Å²) >= 11 is 1.52. The average molecular weight is 303 g/mol. The summed E-state index contributed by atoms with van der Waals surface area (Å²) < 4.78 is 5.85. The number of ether oxygens (including phenoxy) is 1. The first-order valence-corrected chi connectivity index (χ1v) is 7.99. The van der Waals surface area contributed by atoms with Crippen molar-refractivity contribution in [1.82, 2.24) is 4.98 Å². The van der Waals surface area contributed by atoms with E-state index in [9.17, 15) is 4.79 Å². The van der Waals surface area contributed by atoms with Crippen molar-refractivity contribution in [2.75, 3.05) is 0 Å². The van der Waals surface area contributed by atoms with Crippen LogP contribution in [0.5, 0.6) is 0 Å². The number of benzene rings is 1. The van der Waals surface area contributed by atoms with Crippen LogP contribution in [0.1, 0.15) is 49.4 Å². The molecule has 1 heterocycles. The van der Waals surface area contributed by atoms with Crippen LogP contribution in [0.3, 0.4) is 0 Å². The highest BCUT2D eigenvalue weighted by molar-refractivity contribution is 7.09. The zero-order chi connectivity index (χ0) is 15.5. The molecule has 0 saturated carbocycles. The van der Waals surface area contributed by atoms with Crippen molar-refractivity contribution in [3.8, 4) is 0 Å². The topological polar surface area (TPSA) is 39.2 Å². The van der Waals surface area contributed by atoms with E-state index < -0.39 is 5.41 Å². The third-order valence-electron chi connectivity index (χ3n) is 3.78. The summed E-state index contributed by atoms with van der Waals surface area (Å²) in [5, 5.41) is 0. The van der Waals surface area contributed by atoms with Crippen LogP contribution in [0.2, 0.25) is 0 Å². The van der Waals surface area contributed by atoms with Crippen molar-refractivity contribution in [1.29, 1.82) is 0 Å². The molecule has 0 amide bonds. The van der Waals surface area contributed by atoms with E-state index in [1.165, 1.54) is 11.3 Å². The number of aryl methyl sites for hydroxylation is 1. The fourth-order valence-electron chi connectivity index (χ4n) is 1.87. The number of esters is 1. The zero-order valence-electron chi connectivity index (χ0n) is 12.9. The first kappa shape index (κ1) is 15.7. The zero-order valence-corrected chi connectivity index (χ0v) is 13.7. The molecule has 0 fully saturated rings. The molecular weight excluding hydrogens is 282 g/mol. The van der Waals surface area contributed by atoms with Gasteiger partial charge in [-0.3, -0.25) is 4.79 Å². The number of carbonyl (C=O) groups is 1. The molecule has 1 unspecified atom stereocenters. The third kappa shape index (κ3) is 3.50. The first-order valence-electron chi connectivity index (χ1n) is 7.11. The first-order chi connectivity index (χ1) is 9.95. The van der Waals surface area contributed by atoms with E-state index in [1.54, 1.807) is 5.51 Å². The van der Waals surface area contributed by atoms with Gasteiger partial charge in [-0.1, -0.05) is 37.3 Å². The molecule has 112 valence electrons. The standard InChI is InChI=1S/C17H21NO2S/c1-5-17(3,4)16(19)20-14(13-9-7-6-8-10-13)15-12(2)18-11-21-15/h6-11,14H,5H2,1-4H3. The predicted molar refractivity (Wildman–Crippen MR) is 85.3 cm³/mol. The van der Waals surface area contributed by atoms with Crippen LogP contribution in [0.15, 0.2) is 35.8 Å². The highest BCUT2D eigenvalue weighted by Gasteiger charge is 2.31. The van der Waals surface area contributed by atoms with Gasteiger partial charge in [0.05, 0.1) is 21.5 Å². The molecule has 21 heavy (non-hydrogen) atoms. The summed E-state index contributed by atoms with van der Waals surface area (Å²) in [4.78, 5) is 17.7. The van der Waals surface area contributed by atoms with Gasteiger partial charge in [0.15, 0.2) is 6.10 Å². The van der Waals surface area contributed by atoms with Gasteiger partial charge in [0.25, 0.3) is 0 Å². The highest BCUT2D eigenvalue weighted by Crippen LogP contribution is 2.34. The monoisotopic (exact) mass is 303 g/mol. The van der Waals surface area contributed by atoms with Gasteiger partial charge in [-0.2, -0.15) is 0 Å². The molecule has 0 aliphatic rings. The number of nitrogens with zero attached hydrogens (tertiary/aromatic N) is 1.